The van der Waals surface area contributed by atoms with Crippen molar-refractivity contribution in [1.82, 2.24) is 4.98 Å². The number of para-hydroxylation sites is 1. The SMILES string of the molecule is c1ccc(-c2ccc(N(c3ccc(-c4cccc5ccccc45)cc3)c3c4cccnc4cc4c3oc3ccccc34)cc2)cc1. The maximum absolute atomic E-state index is 6.68. The van der Waals surface area contributed by atoms with Crippen LogP contribution >= 0.6 is 0 Å². The molecule has 3 heteroatoms. The maximum atomic E-state index is 6.68. The van der Waals surface area contributed by atoms with Crippen LogP contribution in [0.1, 0.15) is 0 Å². The van der Waals surface area contributed by atoms with Crippen molar-refractivity contribution in [2.75, 3.05) is 4.90 Å². The van der Waals surface area contributed by atoms with E-state index in [0.29, 0.717) is 0 Å². The van der Waals surface area contributed by atoms with Gasteiger partial charge < -0.3 is 9.32 Å². The van der Waals surface area contributed by atoms with Crippen LogP contribution in [0.4, 0.5) is 17.1 Å². The highest BCUT2D eigenvalue weighted by molar-refractivity contribution is 6.18. The van der Waals surface area contributed by atoms with Gasteiger partial charge in [-0.05, 0) is 81.6 Å². The first kappa shape index (κ1) is 26.2. The van der Waals surface area contributed by atoms with E-state index in [1.165, 1.54) is 33.0 Å². The average Bonchev–Trinajstić information content (AvgIpc) is 3.50. The molecule has 0 atom stereocenters. The van der Waals surface area contributed by atoms with Gasteiger partial charge in [-0.2, -0.15) is 0 Å². The summed E-state index contributed by atoms with van der Waals surface area (Å²) in [6, 6.07) is 57.8. The Hall–Kier alpha value is -6.19. The molecule has 0 spiro atoms. The second-order valence-corrected chi connectivity index (χ2v) is 11.6. The minimum absolute atomic E-state index is 0.840. The Kier molecular flexibility index (Phi) is 6.14. The van der Waals surface area contributed by atoms with Crippen LogP contribution in [0.25, 0.3) is 65.9 Å². The molecule has 0 N–H and O–H groups in total. The van der Waals surface area contributed by atoms with Crippen LogP contribution in [0.3, 0.4) is 0 Å². The lowest BCUT2D eigenvalue weighted by Crippen LogP contribution is -2.11. The molecule has 0 aliphatic rings. The molecule has 0 saturated heterocycles. The highest BCUT2D eigenvalue weighted by Crippen LogP contribution is 2.46. The number of furan rings is 1. The molecule has 2 aromatic heterocycles. The van der Waals surface area contributed by atoms with E-state index in [1.807, 2.05) is 24.4 Å². The fraction of sp³-hybridized carbons (Fsp3) is 0. The van der Waals surface area contributed by atoms with Crippen molar-refractivity contribution in [3.05, 3.63) is 170 Å². The molecule has 3 nitrogen and oxygen atoms in total. The van der Waals surface area contributed by atoms with Crippen LogP contribution in [0.5, 0.6) is 0 Å². The fourth-order valence-electron chi connectivity index (χ4n) is 6.71. The van der Waals surface area contributed by atoms with Crippen LogP contribution < -0.4 is 4.90 Å². The van der Waals surface area contributed by atoms with Gasteiger partial charge in [0.2, 0.25) is 0 Å². The first-order chi connectivity index (χ1) is 22.8. The van der Waals surface area contributed by atoms with E-state index in [2.05, 4.69) is 150 Å². The number of hydrogen-bond donors (Lipinski definition) is 0. The van der Waals surface area contributed by atoms with Crippen molar-refractivity contribution in [2.45, 2.75) is 0 Å². The Morgan fingerprint density at radius 1 is 0.457 bits per heavy atom. The molecule has 0 unspecified atom stereocenters. The van der Waals surface area contributed by atoms with Gasteiger partial charge in [0.1, 0.15) is 5.58 Å². The molecule has 9 aromatic rings. The van der Waals surface area contributed by atoms with Crippen molar-refractivity contribution in [1.29, 1.82) is 0 Å². The van der Waals surface area contributed by atoms with Gasteiger partial charge in [0.15, 0.2) is 5.58 Å². The molecule has 46 heavy (non-hydrogen) atoms. The first-order valence-corrected chi connectivity index (χ1v) is 15.5. The lowest BCUT2D eigenvalue weighted by atomic mass is 9.98. The third-order valence-corrected chi connectivity index (χ3v) is 8.91. The van der Waals surface area contributed by atoms with Crippen LogP contribution in [-0.2, 0) is 0 Å². The predicted octanol–water partition coefficient (Wildman–Crippen LogP) is 12.1. The molecular formula is C43H28N2O. The van der Waals surface area contributed by atoms with Crippen molar-refractivity contribution in [2.24, 2.45) is 0 Å². The molecule has 7 aromatic carbocycles. The van der Waals surface area contributed by atoms with Gasteiger partial charge >= 0.3 is 0 Å². The van der Waals surface area contributed by atoms with E-state index in [4.69, 9.17) is 9.40 Å². The molecule has 2 heterocycles. The number of benzene rings is 7. The van der Waals surface area contributed by atoms with E-state index in [9.17, 15) is 0 Å². The molecule has 9 rings (SSSR count). The van der Waals surface area contributed by atoms with Crippen molar-refractivity contribution >= 4 is 60.7 Å². The van der Waals surface area contributed by atoms with Gasteiger partial charge in [-0.3, -0.25) is 4.98 Å². The van der Waals surface area contributed by atoms with Gasteiger partial charge in [-0.15, -0.1) is 0 Å². The van der Waals surface area contributed by atoms with Crippen LogP contribution in [0.15, 0.2) is 174 Å². The van der Waals surface area contributed by atoms with Crippen LogP contribution in [0.2, 0.25) is 0 Å². The Balaban J connectivity index is 1.28. The number of nitrogens with zero attached hydrogens (tertiary/aromatic N) is 2. The lowest BCUT2D eigenvalue weighted by Gasteiger charge is -2.27. The largest absolute Gasteiger partial charge is 0.454 e. The average molecular weight is 589 g/mol. The summed E-state index contributed by atoms with van der Waals surface area (Å²) >= 11 is 0. The molecule has 0 aliphatic carbocycles. The number of aromatic nitrogens is 1. The maximum Gasteiger partial charge on any atom is 0.160 e. The van der Waals surface area contributed by atoms with Crippen molar-refractivity contribution < 1.29 is 4.42 Å². The van der Waals surface area contributed by atoms with Gasteiger partial charge in [0.25, 0.3) is 0 Å². The molecule has 0 saturated carbocycles. The first-order valence-electron chi connectivity index (χ1n) is 15.5. The van der Waals surface area contributed by atoms with Crippen LogP contribution in [-0.4, -0.2) is 4.98 Å². The minimum atomic E-state index is 0.840. The Morgan fingerprint density at radius 3 is 1.89 bits per heavy atom. The van der Waals surface area contributed by atoms with Gasteiger partial charge in [0, 0.05) is 33.7 Å². The van der Waals surface area contributed by atoms with Crippen molar-refractivity contribution in [3.63, 3.8) is 0 Å². The topological polar surface area (TPSA) is 29.3 Å². The molecule has 0 fully saturated rings. The quantitative estimate of drug-likeness (QED) is 0.200. The number of rotatable bonds is 5. The molecule has 0 bridgehead atoms. The van der Waals surface area contributed by atoms with Gasteiger partial charge in [-0.1, -0.05) is 115 Å². The second-order valence-electron chi connectivity index (χ2n) is 11.6. The van der Waals surface area contributed by atoms with Gasteiger partial charge in [-0.25, -0.2) is 0 Å². The molecule has 0 radical (unpaired) electrons. The predicted molar refractivity (Wildman–Crippen MR) is 192 cm³/mol. The zero-order valence-corrected chi connectivity index (χ0v) is 25.0. The standard InChI is InChI=1S/C43H28N2O/c1-2-10-29(11-3-1)30-19-23-33(24-20-30)45(34-25-21-32(22-26-34)36-16-8-13-31-12-4-5-14-35(31)36)42-38-17-9-27-44-40(38)28-39-37-15-6-7-18-41(37)46-43(39)42/h1-28H. The molecular weight excluding hydrogens is 560 g/mol. The van der Waals surface area contributed by atoms with E-state index >= 15 is 0 Å². The van der Waals surface area contributed by atoms with Crippen LogP contribution in [0, 0.1) is 0 Å². The summed E-state index contributed by atoms with van der Waals surface area (Å²) in [5.74, 6) is 0. The van der Waals surface area contributed by atoms with E-state index < -0.39 is 0 Å². The lowest BCUT2D eigenvalue weighted by molar-refractivity contribution is 0.669. The monoisotopic (exact) mass is 588 g/mol. The minimum Gasteiger partial charge on any atom is -0.454 e. The number of pyridine rings is 1. The number of anilines is 3. The smallest absolute Gasteiger partial charge is 0.160 e. The second kappa shape index (κ2) is 10.8. The Labute approximate surface area is 266 Å². The highest BCUT2D eigenvalue weighted by atomic mass is 16.3. The molecule has 0 aliphatic heterocycles. The zero-order chi connectivity index (χ0) is 30.5. The third-order valence-electron chi connectivity index (χ3n) is 8.91. The number of fused-ring (bicyclic) bond motifs is 5. The van der Waals surface area contributed by atoms with E-state index in [-0.39, 0.29) is 0 Å². The molecule has 216 valence electrons. The van der Waals surface area contributed by atoms with E-state index in [0.717, 1.165) is 49.9 Å². The summed E-state index contributed by atoms with van der Waals surface area (Å²) in [5, 5.41) is 5.64. The molecule has 0 amide bonds. The summed E-state index contributed by atoms with van der Waals surface area (Å²) in [4.78, 5) is 7.13. The summed E-state index contributed by atoms with van der Waals surface area (Å²) in [7, 11) is 0. The van der Waals surface area contributed by atoms with Crippen molar-refractivity contribution in [3.8, 4) is 22.3 Å². The normalized spacial score (nSPS) is 11.5. The van der Waals surface area contributed by atoms with Gasteiger partial charge in [0.05, 0.1) is 11.2 Å². The van der Waals surface area contributed by atoms with E-state index in [1.54, 1.807) is 0 Å². The Bertz CT molecular complexity index is 2510. The highest BCUT2D eigenvalue weighted by Gasteiger charge is 2.23. The summed E-state index contributed by atoms with van der Waals surface area (Å²) < 4.78 is 6.68. The zero-order valence-electron chi connectivity index (χ0n) is 25.0. The Morgan fingerprint density at radius 2 is 1.09 bits per heavy atom. The summed E-state index contributed by atoms with van der Waals surface area (Å²) in [6.07, 6.45) is 1.86. The fourth-order valence-corrected chi connectivity index (χ4v) is 6.71. The summed E-state index contributed by atoms with van der Waals surface area (Å²) in [6.45, 7) is 0. The third kappa shape index (κ3) is 4.33. The number of hydrogen-bond acceptors (Lipinski definition) is 3. The summed E-state index contributed by atoms with van der Waals surface area (Å²) in [5.41, 5.74) is 10.4.